The summed E-state index contributed by atoms with van der Waals surface area (Å²) in [6, 6.07) is 2.30. The van der Waals surface area contributed by atoms with Gasteiger partial charge >= 0.3 is 6.18 Å². The van der Waals surface area contributed by atoms with Crippen LogP contribution in [0.1, 0.15) is 18.2 Å². The molecule has 0 saturated heterocycles. The predicted octanol–water partition coefficient (Wildman–Crippen LogP) is 4.79. The Kier molecular flexibility index (Phi) is 3.77. The van der Waals surface area contributed by atoms with Gasteiger partial charge < -0.3 is 5.32 Å². The second-order valence-electron chi connectivity index (χ2n) is 4.24. The normalized spacial score (nSPS) is 11.9. The summed E-state index contributed by atoms with van der Waals surface area (Å²) in [6.45, 7) is 3.39. The van der Waals surface area contributed by atoms with Crippen LogP contribution in [0, 0.1) is 12.7 Å². The molecule has 0 atom stereocenters. The van der Waals surface area contributed by atoms with E-state index in [1.165, 1.54) is 13.0 Å². The third kappa shape index (κ3) is 2.40. The molecule has 0 bridgehead atoms. The highest BCUT2D eigenvalue weighted by Gasteiger charge is 2.36. The highest BCUT2D eigenvalue weighted by Crippen LogP contribution is 2.40. The molecule has 0 aliphatic heterocycles. The third-order valence-electron chi connectivity index (χ3n) is 2.90. The van der Waals surface area contributed by atoms with Gasteiger partial charge in [0.1, 0.15) is 17.0 Å². The van der Waals surface area contributed by atoms with Crippen molar-refractivity contribution in [3.63, 3.8) is 0 Å². The summed E-state index contributed by atoms with van der Waals surface area (Å²) < 4.78 is 52.7. The van der Waals surface area contributed by atoms with Crippen LogP contribution in [0.15, 0.2) is 12.1 Å². The summed E-state index contributed by atoms with van der Waals surface area (Å²) in [5, 5.41) is 3.13. The molecule has 0 aliphatic rings. The van der Waals surface area contributed by atoms with Crippen LogP contribution in [-0.2, 0) is 6.18 Å². The van der Waals surface area contributed by atoms with E-state index < -0.39 is 17.7 Å². The molecule has 0 aliphatic carbocycles. The smallest absolute Gasteiger partial charge is 0.384 e. The molecule has 0 amide bonds. The first kappa shape index (κ1) is 14.8. The standard InChI is InChI=1S/C13H11ClF4N2/c1-3-19-10-6(2)12(13(16,17)18)20-11-8(15)5-4-7(14)9(10)11/h4-5H,3H2,1-2H3,(H,19,20). The number of hydrogen-bond acceptors (Lipinski definition) is 2. The number of hydrogen-bond donors (Lipinski definition) is 1. The number of benzene rings is 1. The maximum absolute atomic E-state index is 13.8. The van der Waals surface area contributed by atoms with E-state index in [1.807, 2.05) is 0 Å². The Morgan fingerprint density at radius 2 is 1.95 bits per heavy atom. The number of rotatable bonds is 2. The molecule has 0 unspecified atom stereocenters. The Morgan fingerprint density at radius 1 is 1.30 bits per heavy atom. The van der Waals surface area contributed by atoms with Crippen LogP contribution in [0.2, 0.25) is 5.02 Å². The van der Waals surface area contributed by atoms with Crippen molar-refractivity contribution < 1.29 is 17.6 Å². The first-order chi connectivity index (χ1) is 9.27. The average Bonchev–Trinajstić information content (AvgIpc) is 2.35. The van der Waals surface area contributed by atoms with E-state index in [0.717, 1.165) is 6.07 Å². The van der Waals surface area contributed by atoms with E-state index in [1.54, 1.807) is 6.92 Å². The highest BCUT2D eigenvalue weighted by molar-refractivity contribution is 6.36. The Bertz CT molecular complexity index is 668. The van der Waals surface area contributed by atoms with Gasteiger partial charge in [-0.3, -0.25) is 0 Å². The number of nitrogens with one attached hydrogen (secondary N) is 1. The molecule has 2 rings (SSSR count). The minimum Gasteiger partial charge on any atom is -0.384 e. The first-order valence-electron chi connectivity index (χ1n) is 5.86. The highest BCUT2D eigenvalue weighted by atomic mass is 35.5. The average molecular weight is 307 g/mol. The monoisotopic (exact) mass is 306 g/mol. The summed E-state index contributed by atoms with van der Waals surface area (Å²) >= 11 is 5.98. The number of pyridine rings is 1. The summed E-state index contributed by atoms with van der Waals surface area (Å²) in [7, 11) is 0. The SMILES string of the molecule is CCNc1c(C)c(C(F)(F)F)nc2c(F)ccc(Cl)c12. The van der Waals surface area contributed by atoms with Gasteiger partial charge in [-0.25, -0.2) is 9.37 Å². The summed E-state index contributed by atoms with van der Waals surface area (Å²) in [5.74, 6) is -0.839. The Hall–Kier alpha value is -1.56. The molecular weight excluding hydrogens is 296 g/mol. The van der Waals surface area contributed by atoms with Gasteiger partial charge in [-0.2, -0.15) is 13.2 Å². The molecule has 0 fully saturated rings. The summed E-state index contributed by atoms with van der Waals surface area (Å²) in [4.78, 5) is 3.42. The van der Waals surface area contributed by atoms with Gasteiger partial charge in [-0.1, -0.05) is 11.6 Å². The zero-order chi connectivity index (χ0) is 15.1. The van der Waals surface area contributed by atoms with Gasteiger partial charge in [0, 0.05) is 17.5 Å². The van der Waals surface area contributed by atoms with Crippen LogP contribution in [-0.4, -0.2) is 11.5 Å². The molecule has 7 heteroatoms. The lowest BCUT2D eigenvalue weighted by Crippen LogP contribution is -2.14. The van der Waals surface area contributed by atoms with Crippen molar-refractivity contribution in [2.24, 2.45) is 0 Å². The van der Waals surface area contributed by atoms with Crippen molar-refractivity contribution in [1.82, 2.24) is 4.98 Å². The van der Waals surface area contributed by atoms with Gasteiger partial charge in [0.15, 0.2) is 0 Å². The summed E-state index contributed by atoms with van der Waals surface area (Å²) in [6.07, 6.45) is -4.66. The lowest BCUT2D eigenvalue weighted by molar-refractivity contribution is -0.141. The van der Waals surface area contributed by atoms with Crippen molar-refractivity contribution in [3.8, 4) is 0 Å². The van der Waals surface area contributed by atoms with Crippen molar-refractivity contribution in [3.05, 3.63) is 34.2 Å². The lowest BCUT2D eigenvalue weighted by Gasteiger charge is -2.17. The van der Waals surface area contributed by atoms with E-state index >= 15 is 0 Å². The maximum atomic E-state index is 13.8. The second kappa shape index (κ2) is 5.09. The summed E-state index contributed by atoms with van der Waals surface area (Å²) in [5.41, 5.74) is -1.43. The molecule has 0 spiro atoms. The number of anilines is 1. The number of alkyl halides is 3. The van der Waals surface area contributed by atoms with Gasteiger partial charge in [-0.15, -0.1) is 0 Å². The number of halogens is 5. The number of nitrogens with zero attached hydrogens (tertiary/aromatic N) is 1. The predicted molar refractivity (Wildman–Crippen MR) is 70.6 cm³/mol. The molecule has 1 heterocycles. The molecule has 108 valence electrons. The van der Waals surface area contributed by atoms with Crippen LogP contribution in [0.4, 0.5) is 23.2 Å². The van der Waals surface area contributed by atoms with Crippen LogP contribution in [0.3, 0.4) is 0 Å². The maximum Gasteiger partial charge on any atom is 0.433 e. The second-order valence-corrected chi connectivity index (χ2v) is 4.65. The zero-order valence-corrected chi connectivity index (χ0v) is 11.5. The quantitative estimate of drug-likeness (QED) is 0.807. The van der Waals surface area contributed by atoms with Crippen molar-refractivity contribution >= 4 is 28.2 Å². The van der Waals surface area contributed by atoms with Gasteiger partial charge in [-0.05, 0) is 26.0 Å². The Labute approximate surface area is 117 Å². The van der Waals surface area contributed by atoms with E-state index in [4.69, 9.17) is 11.6 Å². The third-order valence-corrected chi connectivity index (χ3v) is 3.22. The van der Waals surface area contributed by atoms with E-state index in [9.17, 15) is 17.6 Å². The fraction of sp³-hybridized carbons (Fsp3) is 0.308. The van der Waals surface area contributed by atoms with Crippen molar-refractivity contribution in [1.29, 1.82) is 0 Å². The fourth-order valence-corrected chi connectivity index (χ4v) is 2.31. The molecule has 0 radical (unpaired) electrons. The van der Waals surface area contributed by atoms with Gasteiger partial charge in [0.25, 0.3) is 0 Å². The van der Waals surface area contributed by atoms with Crippen molar-refractivity contribution in [2.75, 3.05) is 11.9 Å². The number of aromatic nitrogens is 1. The van der Waals surface area contributed by atoms with Gasteiger partial charge in [0.2, 0.25) is 0 Å². The van der Waals surface area contributed by atoms with E-state index in [2.05, 4.69) is 10.3 Å². The molecule has 1 N–H and O–H groups in total. The minimum atomic E-state index is -4.66. The molecule has 2 aromatic rings. The van der Waals surface area contributed by atoms with Gasteiger partial charge in [0.05, 0.1) is 10.7 Å². The minimum absolute atomic E-state index is 0.0978. The van der Waals surface area contributed by atoms with Crippen LogP contribution in [0.25, 0.3) is 10.9 Å². The zero-order valence-electron chi connectivity index (χ0n) is 10.7. The molecular formula is C13H11ClF4N2. The van der Waals surface area contributed by atoms with E-state index in [0.29, 0.717) is 6.54 Å². The molecule has 2 nitrogen and oxygen atoms in total. The Balaban J connectivity index is 2.95. The largest absolute Gasteiger partial charge is 0.433 e. The molecule has 1 aromatic carbocycles. The molecule has 0 saturated carbocycles. The van der Waals surface area contributed by atoms with Crippen LogP contribution >= 0.6 is 11.6 Å². The topological polar surface area (TPSA) is 24.9 Å². The molecule has 1 aromatic heterocycles. The fourth-order valence-electron chi connectivity index (χ4n) is 2.06. The van der Waals surface area contributed by atoms with Crippen LogP contribution < -0.4 is 5.32 Å². The van der Waals surface area contributed by atoms with E-state index in [-0.39, 0.29) is 27.2 Å². The molecule has 20 heavy (non-hydrogen) atoms. The first-order valence-corrected chi connectivity index (χ1v) is 6.24. The number of fused-ring (bicyclic) bond motifs is 1. The van der Waals surface area contributed by atoms with Crippen LogP contribution in [0.5, 0.6) is 0 Å². The lowest BCUT2D eigenvalue weighted by atomic mass is 10.1. The van der Waals surface area contributed by atoms with Crippen molar-refractivity contribution in [2.45, 2.75) is 20.0 Å². The Morgan fingerprint density at radius 3 is 2.50 bits per heavy atom.